The Labute approximate surface area is 118 Å². The van der Waals surface area contributed by atoms with E-state index in [1.807, 2.05) is 0 Å². The van der Waals surface area contributed by atoms with Crippen LogP contribution in [-0.2, 0) is 6.54 Å². The Morgan fingerprint density at radius 3 is 2.47 bits per heavy atom. The van der Waals surface area contributed by atoms with Crippen LogP contribution in [0.25, 0.3) is 0 Å². The Morgan fingerprint density at radius 1 is 1.26 bits per heavy atom. The van der Waals surface area contributed by atoms with Crippen molar-refractivity contribution in [2.75, 3.05) is 13.1 Å². The molecule has 2 rings (SSSR count). The van der Waals surface area contributed by atoms with Gasteiger partial charge in [0.1, 0.15) is 0 Å². The minimum Gasteiger partial charge on any atom is -0.309 e. The zero-order valence-corrected chi connectivity index (χ0v) is 13.1. The highest BCUT2D eigenvalue weighted by Gasteiger charge is 2.31. The van der Waals surface area contributed by atoms with Gasteiger partial charge in [0.05, 0.1) is 0 Å². The van der Waals surface area contributed by atoms with E-state index >= 15 is 0 Å². The monoisotopic (exact) mass is 260 g/mol. The SMILES string of the molecule is CCC1CNC(C)(C)CN1Cc1c(C)cccc1C. The molecule has 1 aromatic carbocycles. The van der Waals surface area contributed by atoms with E-state index in [9.17, 15) is 0 Å². The van der Waals surface area contributed by atoms with Crippen molar-refractivity contribution in [1.29, 1.82) is 0 Å². The Morgan fingerprint density at radius 2 is 1.89 bits per heavy atom. The van der Waals surface area contributed by atoms with Crippen LogP contribution in [-0.4, -0.2) is 29.6 Å². The summed E-state index contributed by atoms with van der Waals surface area (Å²) in [6, 6.07) is 7.28. The van der Waals surface area contributed by atoms with Crippen molar-refractivity contribution in [2.24, 2.45) is 0 Å². The molecule has 2 nitrogen and oxygen atoms in total. The van der Waals surface area contributed by atoms with E-state index in [1.165, 1.54) is 23.1 Å². The molecule has 0 aliphatic carbocycles. The molecule has 0 bridgehead atoms. The van der Waals surface area contributed by atoms with E-state index < -0.39 is 0 Å². The summed E-state index contributed by atoms with van der Waals surface area (Å²) in [5.74, 6) is 0. The van der Waals surface area contributed by atoms with Crippen molar-refractivity contribution in [3.8, 4) is 0 Å². The van der Waals surface area contributed by atoms with Crippen LogP contribution in [0.5, 0.6) is 0 Å². The molecule has 0 spiro atoms. The van der Waals surface area contributed by atoms with Crippen molar-refractivity contribution in [3.63, 3.8) is 0 Å². The Kier molecular flexibility index (Phi) is 4.32. The molecule has 0 saturated carbocycles. The molecular weight excluding hydrogens is 232 g/mol. The fraction of sp³-hybridized carbons (Fsp3) is 0.647. The maximum atomic E-state index is 3.66. The molecule has 1 aromatic rings. The minimum atomic E-state index is 0.224. The van der Waals surface area contributed by atoms with Crippen LogP contribution in [0.4, 0.5) is 0 Å². The van der Waals surface area contributed by atoms with Gasteiger partial charge in [-0.1, -0.05) is 25.1 Å². The maximum absolute atomic E-state index is 3.66. The molecule has 1 aliphatic heterocycles. The summed E-state index contributed by atoms with van der Waals surface area (Å²) in [6.07, 6.45) is 1.22. The van der Waals surface area contributed by atoms with Gasteiger partial charge in [0.2, 0.25) is 0 Å². The second kappa shape index (κ2) is 5.64. The standard InChI is InChI=1S/C17H28N2/c1-6-15-10-18-17(4,5)12-19(15)11-16-13(2)8-7-9-14(16)3/h7-9,15,18H,6,10-12H2,1-5H3. The molecule has 2 heteroatoms. The van der Waals surface area contributed by atoms with E-state index in [-0.39, 0.29) is 5.54 Å². The fourth-order valence-electron chi connectivity index (χ4n) is 3.10. The highest BCUT2D eigenvalue weighted by molar-refractivity contribution is 5.33. The highest BCUT2D eigenvalue weighted by Crippen LogP contribution is 2.22. The van der Waals surface area contributed by atoms with Crippen molar-refractivity contribution in [3.05, 3.63) is 34.9 Å². The van der Waals surface area contributed by atoms with E-state index in [0.717, 1.165) is 19.6 Å². The summed E-state index contributed by atoms with van der Waals surface area (Å²) in [4.78, 5) is 2.66. The van der Waals surface area contributed by atoms with Gasteiger partial charge in [-0.2, -0.15) is 0 Å². The second-order valence-electron chi connectivity index (χ2n) is 6.60. The quantitative estimate of drug-likeness (QED) is 0.897. The molecule has 0 amide bonds. The summed E-state index contributed by atoms with van der Waals surface area (Å²) in [5, 5.41) is 3.66. The molecular formula is C17H28N2. The van der Waals surface area contributed by atoms with E-state index in [4.69, 9.17) is 0 Å². The molecule has 1 saturated heterocycles. The largest absolute Gasteiger partial charge is 0.309 e. The van der Waals surface area contributed by atoms with E-state index in [1.54, 1.807) is 0 Å². The second-order valence-corrected chi connectivity index (χ2v) is 6.60. The average molecular weight is 260 g/mol. The Balaban J connectivity index is 2.19. The average Bonchev–Trinajstić information content (AvgIpc) is 2.33. The number of nitrogens with zero attached hydrogens (tertiary/aromatic N) is 1. The van der Waals surface area contributed by atoms with Gasteiger partial charge in [0.15, 0.2) is 0 Å². The third-order valence-corrected chi connectivity index (χ3v) is 4.41. The molecule has 1 heterocycles. The lowest BCUT2D eigenvalue weighted by Crippen LogP contribution is -2.61. The van der Waals surface area contributed by atoms with Crippen LogP contribution < -0.4 is 5.32 Å². The molecule has 1 fully saturated rings. The van der Waals surface area contributed by atoms with Crippen LogP contribution in [0.3, 0.4) is 0 Å². The molecule has 1 atom stereocenters. The number of piperazine rings is 1. The third-order valence-electron chi connectivity index (χ3n) is 4.41. The Hall–Kier alpha value is -0.860. The van der Waals surface area contributed by atoms with Gasteiger partial charge >= 0.3 is 0 Å². The highest BCUT2D eigenvalue weighted by atomic mass is 15.2. The molecule has 1 aliphatic rings. The first-order valence-electron chi connectivity index (χ1n) is 7.47. The van der Waals surface area contributed by atoms with Crippen LogP contribution >= 0.6 is 0 Å². The molecule has 1 unspecified atom stereocenters. The van der Waals surface area contributed by atoms with E-state index in [2.05, 4.69) is 63.0 Å². The maximum Gasteiger partial charge on any atom is 0.0253 e. The predicted octanol–water partition coefficient (Wildman–Crippen LogP) is 3.27. The van der Waals surface area contributed by atoms with Crippen molar-refractivity contribution in [1.82, 2.24) is 10.2 Å². The Bertz CT molecular complexity index is 417. The summed E-state index contributed by atoms with van der Waals surface area (Å²) in [7, 11) is 0. The zero-order valence-electron chi connectivity index (χ0n) is 13.1. The van der Waals surface area contributed by atoms with Crippen LogP contribution in [0.1, 0.15) is 43.9 Å². The number of nitrogens with one attached hydrogen (secondary N) is 1. The lowest BCUT2D eigenvalue weighted by molar-refractivity contribution is 0.0855. The summed E-state index contributed by atoms with van der Waals surface area (Å²) < 4.78 is 0. The van der Waals surface area contributed by atoms with Crippen molar-refractivity contribution >= 4 is 0 Å². The van der Waals surface area contributed by atoms with Gasteiger partial charge in [0, 0.05) is 31.2 Å². The van der Waals surface area contributed by atoms with Gasteiger partial charge in [-0.15, -0.1) is 0 Å². The summed E-state index contributed by atoms with van der Waals surface area (Å²) in [6.45, 7) is 14.7. The van der Waals surface area contributed by atoms with Crippen LogP contribution in [0.2, 0.25) is 0 Å². The zero-order chi connectivity index (χ0) is 14.0. The van der Waals surface area contributed by atoms with Crippen LogP contribution in [0, 0.1) is 13.8 Å². The lowest BCUT2D eigenvalue weighted by Gasteiger charge is -2.44. The van der Waals surface area contributed by atoms with Gasteiger partial charge in [-0.3, -0.25) is 4.90 Å². The molecule has 1 N–H and O–H groups in total. The topological polar surface area (TPSA) is 15.3 Å². The number of hydrogen-bond acceptors (Lipinski definition) is 2. The van der Waals surface area contributed by atoms with Crippen molar-refractivity contribution < 1.29 is 0 Å². The molecule has 19 heavy (non-hydrogen) atoms. The van der Waals surface area contributed by atoms with Gasteiger partial charge in [-0.25, -0.2) is 0 Å². The van der Waals surface area contributed by atoms with Crippen molar-refractivity contribution in [2.45, 2.75) is 59.2 Å². The third kappa shape index (κ3) is 3.37. The normalized spacial score (nSPS) is 23.5. The summed E-state index contributed by atoms with van der Waals surface area (Å²) >= 11 is 0. The first kappa shape index (κ1) is 14.5. The fourth-order valence-corrected chi connectivity index (χ4v) is 3.10. The molecule has 0 radical (unpaired) electrons. The minimum absolute atomic E-state index is 0.224. The first-order chi connectivity index (χ1) is 8.93. The molecule has 0 aromatic heterocycles. The first-order valence-corrected chi connectivity index (χ1v) is 7.47. The van der Waals surface area contributed by atoms with Crippen LogP contribution in [0.15, 0.2) is 18.2 Å². The number of aryl methyl sites for hydroxylation is 2. The van der Waals surface area contributed by atoms with Gasteiger partial charge in [0.25, 0.3) is 0 Å². The summed E-state index contributed by atoms with van der Waals surface area (Å²) in [5.41, 5.74) is 4.58. The number of benzene rings is 1. The smallest absolute Gasteiger partial charge is 0.0253 e. The van der Waals surface area contributed by atoms with Gasteiger partial charge in [-0.05, 0) is 50.8 Å². The molecule has 106 valence electrons. The predicted molar refractivity (Wildman–Crippen MR) is 82.5 cm³/mol. The lowest BCUT2D eigenvalue weighted by atomic mass is 9.95. The number of hydrogen-bond donors (Lipinski definition) is 1. The van der Waals surface area contributed by atoms with E-state index in [0.29, 0.717) is 6.04 Å². The number of rotatable bonds is 3. The van der Waals surface area contributed by atoms with Gasteiger partial charge < -0.3 is 5.32 Å².